The van der Waals surface area contributed by atoms with Gasteiger partial charge in [0.1, 0.15) is 0 Å². The molecule has 0 aliphatic carbocycles. The van der Waals surface area contributed by atoms with Gasteiger partial charge in [-0.05, 0) is 20.8 Å². The normalized spacial score (nSPS) is 27.2. The number of nitrogens with one attached hydrogen (secondary N) is 1. The van der Waals surface area contributed by atoms with Gasteiger partial charge in [0.2, 0.25) is 0 Å². The van der Waals surface area contributed by atoms with Crippen molar-refractivity contribution in [3.63, 3.8) is 0 Å². The van der Waals surface area contributed by atoms with Crippen LogP contribution < -0.4 is 5.32 Å². The molecule has 2 unspecified atom stereocenters. The molecule has 0 radical (unpaired) electrons. The zero-order valence-corrected chi connectivity index (χ0v) is 10.9. The molecule has 4 nitrogen and oxygen atoms in total. The second kappa shape index (κ2) is 8.01. The summed E-state index contributed by atoms with van der Waals surface area (Å²) < 4.78 is 11.0. The van der Waals surface area contributed by atoms with Crippen molar-refractivity contribution in [2.24, 2.45) is 0 Å². The molecule has 1 rings (SSSR count). The lowest BCUT2D eigenvalue weighted by Gasteiger charge is -2.35. The fourth-order valence-electron chi connectivity index (χ4n) is 2.12. The molecule has 0 bridgehead atoms. The van der Waals surface area contributed by atoms with E-state index in [4.69, 9.17) is 9.47 Å². The van der Waals surface area contributed by atoms with E-state index in [0.29, 0.717) is 12.2 Å². The molecule has 0 saturated carbocycles. The van der Waals surface area contributed by atoms with Crippen molar-refractivity contribution in [2.75, 3.05) is 45.9 Å². The lowest BCUT2D eigenvalue weighted by Crippen LogP contribution is -2.47. The number of rotatable bonds is 7. The van der Waals surface area contributed by atoms with Crippen molar-refractivity contribution < 1.29 is 9.47 Å². The van der Waals surface area contributed by atoms with Gasteiger partial charge in [0.25, 0.3) is 0 Å². The number of morpholine rings is 1. The van der Waals surface area contributed by atoms with Gasteiger partial charge >= 0.3 is 0 Å². The fraction of sp³-hybridized carbons (Fsp3) is 1.00. The number of hydrogen-bond donors (Lipinski definition) is 1. The molecule has 0 amide bonds. The van der Waals surface area contributed by atoms with E-state index in [-0.39, 0.29) is 0 Å². The molecule has 2 atom stereocenters. The van der Waals surface area contributed by atoms with E-state index in [1.165, 1.54) is 0 Å². The summed E-state index contributed by atoms with van der Waals surface area (Å²) >= 11 is 0. The number of hydrogen-bond acceptors (Lipinski definition) is 4. The maximum absolute atomic E-state index is 5.69. The molecule has 96 valence electrons. The molecular weight excluding hydrogens is 204 g/mol. The number of nitrogens with zero attached hydrogens (tertiary/aromatic N) is 1. The van der Waals surface area contributed by atoms with E-state index in [9.17, 15) is 0 Å². The van der Waals surface area contributed by atoms with E-state index in [1.807, 2.05) is 6.92 Å². The highest BCUT2D eigenvalue weighted by molar-refractivity contribution is 4.73. The summed E-state index contributed by atoms with van der Waals surface area (Å²) in [6.07, 6.45) is 0.736. The van der Waals surface area contributed by atoms with Crippen LogP contribution in [0.2, 0.25) is 0 Å². The van der Waals surface area contributed by atoms with Gasteiger partial charge in [0.15, 0.2) is 0 Å². The first-order valence-electron chi connectivity index (χ1n) is 6.38. The molecular formula is C12H26N2O2. The van der Waals surface area contributed by atoms with Crippen LogP contribution in [-0.2, 0) is 9.47 Å². The standard InChI is InChI=1S/C12H26N2O2/c1-4-15-8-6-13-5-7-14-9-11(2)16-12(3)10-14/h11-13H,4-10H2,1-3H3. The van der Waals surface area contributed by atoms with Gasteiger partial charge in [-0.15, -0.1) is 0 Å². The van der Waals surface area contributed by atoms with E-state index < -0.39 is 0 Å². The molecule has 1 aliphatic heterocycles. The molecule has 16 heavy (non-hydrogen) atoms. The summed E-state index contributed by atoms with van der Waals surface area (Å²) in [6, 6.07) is 0. The Bertz CT molecular complexity index is 168. The Morgan fingerprint density at radius 1 is 1.25 bits per heavy atom. The lowest BCUT2D eigenvalue weighted by atomic mass is 10.2. The van der Waals surface area contributed by atoms with Crippen molar-refractivity contribution in [3.05, 3.63) is 0 Å². The van der Waals surface area contributed by atoms with Gasteiger partial charge in [-0.25, -0.2) is 0 Å². The summed E-state index contributed by atoms with van der Waals surface area (Å²) in [6.45, 7) is 13.1. The third-order valence-electron chi connectivity index (χ3n) is 2.73. The molecule has 1 N–H and O–H groups in total. The van der Waals surface area contributed by atoms with Crippen LogP contribution in [0.1, 0.15) is 20.8 Å². The largest absolute Gasteiger partial charge is 0.380 e. The van der Waals surface area contributed by atoms with Crippen molar-refractivity contribution in [1.29, 1.82) is 0 Å². The first-order valence-corrected chi connectivity index (χ1v) is 6.38. The number of ether oxygens (including phenoxy) is 2. The van der Waals surface area contributed by atoms with Crippen molar-refractivity contribution in [2.45, 2.75) is 33.0 Å². The maximum Gasteiger partial charge on any atom is 0.0678 e. The first kappa shape index (κ1) is 13.9. The molecule has 0 spiro atoms. The topological polar surface area (TPSA) is 33.7 Å². The van der Waals surface area contributed by atoms with Crippen molar-refractivity contribution >= 4 is 0 Å². The molecule has 4 heteroatoms. The second-order valence-electron chi connectivity index (χ2n) is 4.46. The lowest BCUT2D eigenvalue weighted by molar-refractivity contribution is -0.0674. The third-order valence-corrected chi connectivity index (χ3v) is 2.73. The van der Waals surface area contributed by atoms with Crippen LogP contribution in [0.4, 0.5) is 0 Å². The Kier molecular flexibility index (Phi) is 6.96. The van der Waals surface area contributed by atoms with Gasteiger partial charge in [0.05, 0.1) is 18.8 Å². The van der Waals surface area contributed by atoms with Crippen LogP contribution in [0.3, 0.4) is 0 Å². The van der Waals surface area contributed by atoms with Crippen LogP contribution in [0, 0.1) is 0 Å². The second-order valence-corrected chi connectivity index (χ2v) is 4.46. The Balaban J connectivity index is 1.99. The Morgan fingerprint density at radius 3 is 2.56 bits per heavy atom. The average molecular weight is 230 g/mol. The van der Waals surface area contributed by atoms with Crippen molar-refractivity contribution in [3.8, 4) is 0 Å². The van der Waals surface area contributed by atoms with Gasteiger partial charge in [-0.1, -0.05) is 0 Å². The van der Waals surface area contributed by atoms with Gasteiger partial charge in [-0.3, -0.25) is 4.90 Å². The highest BCUT2D eigenvalue weighted by Gasteiger charge is 2.21. The first-order chi connectivity index (χ1) is 7.72. The van der Waals surface area contributed by atoms with Gasteiger partial charge in [-0.2, -0.15) is 0 Å². The maximum atomic E-state index is 5.69. The van der Waals surface area contributed by atoms with Gasteiger partial charge < -0.3 is 14.8 Å². The molecule has 0 aromatic carbocycles. The monoisotopic (exact) mass is 230 g/mol. The van der Waals surface area contributed by atoms with E-state index >= 15 is 0 Å². The highest BCUT2D eigenvalue weighted by atomic mass is 16.5. The van der Waals surface area contributed by atoms with E-state index in [1.54, 1.807) is 0 Å². The summed E-state index contributed by atoms with van der Waals surface area (Å²) in [7, 11) is 0. The van der Waals surface area contributed by atoms with Crippen LogP contribution in [0.15, 0.2) is 0 Å². The summed E-state index contributed by atoms with van der Waals surface area (Å²) in [5.74, 6) is 0. The highest BCUT2D eigenvalue weighted by Crippen LogP contribution is 2.09. The summed E-state index contributed by atoms with van der Waals surface area (Å²) in [4.78, 5) is 2.46. The average Bonchev–Trinajstić information content (AvgIpc) is 2.22. The SMILES string of the molecule is CCOCCNCCN1CC(C)OC(C)C1. The molecule has 1 saturated heterocycles. The Labute approximate surface area is 99.3 Å². The Hall–Kier alpha value is -0.160. The predicted molar refractivity (Wildman–Crippen MR) is 65.8 cm³/mol. The minimum absolute atomic E-state index is 0.368. The minimum atomic E-state index is 0.368. The van der Waals surface area contributed by atoms with Crippen LogP contribution >= 0.6 is 0 Å². The molecule has 1 heterocycles. The zero-order chi connectivity index (χ0) is 11.8. The van der Waals surface area contributed by atoms with Gasteiger partial charge in [0, 0.05) is 39.3 Å². The molecule has 0 aromatic rings. The zero-order valence-electron chi connectivity index (χ0n) is 10.9. The minimum Gasteiger partial charge on any atom is -0.380 e. The van der Waals surface area contributed by atoms with E-state index in [2.05, 4.69) is 24.1 Å². The fourth-order valence-corrected chi connectivity index (χ4v) is 2.12. The van der Waals surface area contributed by atoms with Crippen LogP contribution in [0.5, 0.6) is 0 Å². The molecule has 1 aliphatic rings. The predicted octanol–water partition coefficient (Wildman–Crippen LogP) is 0.722. The summed E-state index contributed by atoms with van der Waals surface area (Å²) in [5, 5.41) is 3.39. The molecule has 1 fully saturated rings. The van der Waals surface area contributed by atoms with Crippen LogP contribution in [0.25, 0.3) is 0 Å². The third kappa shape index (κ3) is 5.80. The Morgan fingerprint density at radius 2 is 1.94 bits per heavy atom. The smallest absolute Gasteiger partial charge is 0.0678 e. The van der Waals surface area contributed by atoms with Crippen LogP contribution in [-0.4, -0.2) is 63.0 Å². The summed E-state index contributed by atoms with van der Waals surface area (Å²) in [5.41, 5.74) is 0. The van der Waals surface area contributed by atoms with E-state index in [0.717, 1.165) is 45.9 Å². The quantitative estimate of drug-likeness (QED) is 0.654. The van der Waals surface area contributed by atoms with Crippen molar-refractivity contribution in [1.82, 2.24) is 10.2 Å². The molecule has 0 aromatic heterocycles.